The number of aromatic nitrogens is 3. The number of hydrogen-bond acceptors (Lipinski definition) is 5. The summed E-state index contributed by atoms with van der Waals surface area (Å²) < 4.78 is 28.1. The zero-order chi connectivity index (χ0) is 15.6. The quantitative estimate of drug-likeness (QED) is 0.861. The lowest BCUT2D eigenvalue weighted by Gasteiger charge is -2.09. The molecule has 9 heteroatoms. The average molecular weight is 310 g/mol. The Morgan fingerprint density at radius 3 is 2.57 bits per heavy atom. The molecule has 0 radical (unpaired) electrons. The second kappa shape index (κ2) is 5.52. The summed E-state index contributed by atoms with van der Waals surface area (Å²) in [6.45, 7) is 3.53. The van der Waals surface area contributed by atoms with Gasteiger partial charge in [-0.05, 0) is 19.9 Å². The Morgan fingerprint density at radius 1 is 1.38 bits per heavy atom. The SMILES string of the molecule is CC(C)n1cc(S(=O)(=O)Nc2cnccn2)cc1C(=O)O. The highest BCUT2D eigenvalue weighted by Crippen LogP contribution is 2.20. The summed E-state index contributed by atoms with van der Waals surface area (Å²) >= 11 is 0. The van der Waals surface area contributed by atoms with Gasteiger partial charge in [-0.25, -0.2) is 18.2 Å². The fourth-order valence-electron chi connectivity index (χ4n) is 1.75. The molecule has 0 saturated carbocycles. The van der Waals surface area contributed by atoms with Gasteiger partial charge in [0.2, 0.25) is 0 Å². The van der Waals surface area contributed by atoms with E-state index < -0.39 is 16.0 Å². The van der Waals surface area contributed by atoms with Crippen LogP contribution in [0.2, 0.25) is 0 Å². The van der Waals surface area contributed by atoms with Crippen molar-refractivity contribution >= 4 is 21.8 Å². The molecule has 0 fully saturated rings. The van der Waals surface area contributed by atoms with Crippen LogP contribution in [0.3, 0.4) is 0 Å². The first-order chi connectivity index (χ1) is 9.81. The van der Waals surface area contributed by atoms with Gasteiger partial charge in [0.05, 0.1) is 6.20 Å². The lowest BCUT2D eigenvalue weighted by Crippen LogP contribution is -2.13. The van der Waals surface area contributed by atoms with E-state index in [2.05, 4.69) is 14.7 Å². The van der Waals surface area contributed by atoms with E-state index in [1.165, 1.54) is 29.4 Å². The van der Waals surface area contributed by atoms with Gasteiger partial charge in [-0.1, -0.05) is 0 Å². The third kappa shape index (κ3) is 3.19. The minimum atomic E-state index is -3.92. The molecular weight excluding hydrogens is 296 g/mol. The number of carbonyl (C=O) groups is 1. The normalized spacial score (nSPS) is 11.6. The number of carboxylic acid groups (broad SMARTS) is 1. The van der Waals surface area contributed by atoms with Crippen molar-refractivity contribution in [3.63, 3.8) is 0 Å². The van der Waals surface area contributed by atoms with Crippen LogP contribution in [0.15, 0.2) is 35.7 Å². The summed E-state index contributed by atoms with van der Waals surface area (Å²) in [4.78, 5) is 18.6. The minimum absolute atomic E-state index is 0.0617. The standard InChI is InChI=1S/C12H14N4O4S/c1-8(2)16-7-9(5-10(16)12(17)18)21(19,20)15-11-6-13-3-4-14-11/h3-8H,1-2H3,(H,14,15)(H,17,18). The van der Waals surface area contributed by atoms with Crippen LogP contribution in [0, 0.1) is 0 Å². The molecule has 0 atom stereocenters. The van der Waals surface area contributed by atoms with Crippen LogP contribution in [0.4, 0.5) is 5.82 Å². The summed E-state index contributed by atoms with van der Waals surface area (Å²) in [5.74, 6) is -1.13. The van der Waals surface area contributed by atoms with E-state index in [1.54, 1.807) is 13.8 Å². The number of sulfonamides is 1. The summed E-state index contributed by atoms with van der Waals surface area (Å²) in [7, 11) is -3.92. The van der Waals surface area contributed by atoms with Crippen LogP contribution in [0.1, 0.15) is 30.4 Å². The van der Waals surface area contributed by atoms with Crippen LogP contribution in [-0.4, -0.2) is 34.0 Å². The molecule has 0 amide bonds. The maximum atomic E-state index is 12.2. The second-order valence-electron chi connectivity index (χ2n) is 4.56. The van der Waals surface area contributed by atoms with E-state index in [9.17, 15) is 13.2 Å². The molecule has 112 valence electrons. The van der Waals surface area contributed by atoms with E-state index in [-0.39, 0.29) is 22.4 Å². The van der Waals surface area contributed by atoms with Crippen molar-refractivity contribution < 1.29 is 18.3 Å². The molecule has 0 saturated heterocycles. The topological polar surface area (TPSA) is 114 Å². The molecule has 2 heterocycles. The Labute approximate surface area is 121 Å². The van der Waals surface area contributed by atoms with E-state index in [1.807, 2.05) is 0 Å². The fourth-order valence-corrected chi connectivity index (χ4v) is 2.77. The van der Waals surface area contributed by atoms with Crippen LogP contribution in [-0.2, 0) is 10.0 Å². The maximum Gasteiger partial charge on any atom is 0.352 e. The lowest BCUT2D eigenvalue weighted by atomic mass is 10.3. The first-order valence-corrected chi connectivity index (χ1v) is 7.53. The van der Waals surface area contributed by atoms with Gasteiger partial charge in [-0.3, -0.25) is 9.71 Å². The summed E-state index contributed by atoms with van der Waals surface area (Å²) in [6, 6.07) is 0.928. The van der Waals surface area contributed by atoms with Gasteiger partial charge in [-0.2, -0.15) is 0 Å². The summed E-state index contributed by atoms with van der Waals surface area (Å²) in [5, 5.41) is 9.12. The molecule has 2 rings (SSSR count). The molecule has 21 heavy (non-hydrogen) atoms. The number of carboxylic acids is 1. The second-order valence-corrected chi connectivity index (χ2v) is 6.25. The lowest BCUT2D eigenvalue weighted by molar-refractivity contribution is 0.0683. The van der Waals surface area contributed by atoms with Gasteiger partial charge in [0.15, 0.2) is 5.82 Å². The highest BCUT2D eigenvalue weighted by molar-refractivity contribution is 7.92. The highest BCUT2D eigenvalue weighted by atomic mass is 32.2. The van der Waals surface area contributed by atoms with Gasteiger partial charge in [0.25, 0.3) is 10.0 Å². The van der Waals surface area contributed by atoms with Gasteiger partial charge in [-0.15, -0.1) is 0 Å². The van der Waals surface area contributed by atoms with Crippen molar-refractivity contribution in [1.82, 2.24) is 14.5 Å². The molecule has 0 aliphatic heterocycles. The Morgan fingerprint density at radius 2 is 2.10 bits per heavy atom. The number of nitrogens with one attached hydrogen (secondary N) is 1. The smallest absolute Gasteiger partial charge is 0.352 e. The molecule has 8 nitrogen and oxygen atoms in total. The van der Waals surface area contributed by atoms with E-state index >= 15 is 0 Å². The molecule has 0 unspecified atom stereocenters. The predicted molar refractivity (Wildman–Crippen MR) is 74.6 cm³/mol. The molecule has 2 N–H and O–H groups in total. The number of hydrogen-bond donors (Lipinski definition) is 2. The van der Waals surface area contributed by atoms with E-state index in [4.69, 9.17) is 5.11 Å². The predicted octanol–water partition coefficient (Wildman–Crippen LogP) is 1.36. The fraction of sp³-hybridized carbons (Fsp3) is 0.250. The Balaban J connectivity index is 2.41. The monoisotopic (exact) mass is 310 g/mol. The van der Waals surface area contributed by atoms with Crippen LogP contribution >= 0.6 is 0 Å². The van der Waals surface area contributed by atoms with Crippen molar-refractivity contribution in [1.29, 1.82) is 0 Å². The average Bonchev–Trinajstić information content (AvgIpc) is 2.85. The van der Waals surface area contributed by atoms with Crippen molar-refractivity contribution in [2.24, 2.45) is 0 Å². The van der Waals surface area contributed by atoms with E-state index in [0.29, 0.717) is 0 Å². The highest BCUT2D eigenvalue weighted by Gasteiger charge is 2.22. The first-order valence-electron chi connectivity index (χ1n) is 6.05. The van der Waals surface area contributed by atoms with Crippen molar-refractivity contribution in [2.75, 3.05) is 4.72 Å². The zero-order valence-corrected chi connectivity index (χ0v) is 12.2. The molecule has 2 aromatic rings. The molecule has 0 bridgehead atoms. The third-order valence-corrected chi connectivity index (χ3v) is 4.03. The molecule has 0 aromatic carbocycles. The third-order valence-electron chi connectivity index (χ3n) is 2.71. The number of nitrogens with zero attached hydrogens (tertiary/aromatic N) is 3. The van der Waals surface area contributed by atoms with Gasteiger partial charge in [0, 0.05) is 24.6 Å². The summed E-state index contributed by atoms with van der Waals surface area (Å²) in [6.07, 6.45) is 5.30. The molecular formula is C12H14N4O4S. The minimum Gasteiger partial charge on any atom is -0.477 e. The molecule has 0 aliphatic rings. The van der Waals surface area contributed by atoms with Crippen LogP contribution in [0.5, 0.6) is 0 Å². The molecule has 0 spiro atoms. The van der Waals surface area contributed by atoms with Crippen molar-refractivity contribution in [2.45, 2.75) is 24.8 Å². The Bertz CT molecular complexity index is 753. The zero-order valence-electron chi connectivity index (χ0n) is 11.4. The molecule has 0 aliphatic carbocycles. The first kappa shape index (κ1) is 15.0. The maximum absolute atomic E-state index is 12.2. The Kier molecular flexibility index (Phi) is 3.94. The largest absolute Gasteiger partial charge is 0.477 e. The van der Waals surface area contributed by atoms with Crippen LogP contribution < -0.4 is 4.72 Å². The number of rotatable bonds is 5. The van der Waals surface area contributed by atoms with Crippen molar-refractivity contribution in [3.8, 4) is 0 Å². The van der Waals surface area contributed by atoms with Gasteiger partial charge >= 0.3 is 5.97 Å². The van der Waals surface area contributed by atoms with Gasteiger partial charge in [0.1, 0.15) is 10.6 Å². The van der Waals surface area contributed by atoms with Crippen molar-refractivity contribution in [3.05, 3.63) is 36.5 Å². The van der Waals surface area contributed by atoms with Crippen LogP contribution in [0.25, 0.3) is 0 Å². The summed E-state index contributed by atoms with van der Waals surface area (Å²) in [5.41, 5.74) is -0.0930. The van der Waals surface area contributed by atoms with E-state index in [0.717, 1.165) is 6.07 Å². The number of aromatic carboxylic acids is 1. The molecule has 2 aromatic heterocycles. The van der Waals surface area contributed by atoms with Gasteiger partial charge < -0.3 is 9.67 Å². The Hall–Kier alpha value is -2.42. The number of anilines is 1.